The molecule has 1 fully saturated rings. The molecule has 204 valence electrons. The highest BCUT2D eigenvalue weighted by Gasteiger charge is 2.60. The second-order valence-electron chi connectivity index (χ2n) is 11.0. The van der Waals surface area contributed by atoms with E-state index in [4.69, 9.17) is 9.47 Å². The van der Waals surface area contributed by atoms with E-state index in [1.807, 2.05) is 103 Å². The fourth-order valence-corrected chi connectivity index (χ4v) is 7.12. The first-order valence-electron chi connectivity index (χ1n) is 14.0. The van der Waals surface area contributed by atoms with Crippen molar-refractivity contribution < 1.29 is 23.9 Å². The number of amides is 2. The van der Waals surface area contributed by atoms with Crippen molar-refractivity contribution in [3.05, 3.63) is 120 Å². The zero-order valence-corrected chi connectivity index (χ0v) is 22.7. The van der Waals surface area contributed by atoms with Gasteiger partial charge in [-0.15, -0.1) is 0 Å². The number of hydrogen-bond acceptors (Lipinski definition) is 5. The van der Waals surface area contributed by atoms with E-state index in [0.29, 0.717) is 17.2 Å². The fraction of sp³-hybridized carbons (Fsp3) is 0.139. The number of ether oxygens (including phenoxy) is 2. The number of allylic oxidation sites excluding steroid dienone is 1. The Hall–Kier alpha value is -5.23. The number of carbonyl (C=O) groups excluding carboxylic acids is 3. The lowest BCUT2D eigenvalue weighted by Crippen LogP contribution is -2.42. The zero-order valence-electron chi connectivity index (χ0n) is 22.7. The second-order valence-corrected chi connectivity index (χ2v) is 11.0. The lowest BCUT2D eigenvalue weighted by Gasteiger charge is -2.38. The van der Waals surface area contributed by atoms with Crippen LogP contribution in [0.3, 0.4) is 0 Å². The van der Waals surface area contributed by atoms with E-state index >= 15 is 0 Å². The number of anilines is 1. The highest BCUT2D eigenvalue weighted by atomic mass is 16.5. The van der Waals surface area contributed by atoms with Crippen LogP contribution < -0.4 is 14.4 Å². The molecule has 4 atom stereocenters. The Balaban J connectivity index is 1.36. The van der Waals surface area contributed by atoms with E-state index in [0.717, 1.165) is 38.2 Å². The monoisotopic (exact) mass is 551 g/mol. The first-order valence-corrected chi connectivity index (χ1v) is 14.0. The lowest BCUT2D eigenvalue weighted by atomic mass is 9.64. The molecule has 8 rings (SSSR count). The summed E-state index contributed by atoms with van der Waals surface area (Å²) in [5.74, 6) is -3.07. The largest absolute Gasteiger partial charge is 0.497 e. The number of methoxy groups -OCH3 is 1. The molecular formula is C36H25NO5. The van der Waals surface area contributed by atoms with Gasteiger partial charge >= 0.3 is 5.97 Å². The summed E-state index contributed by atoms with van der Waals surface area (Å²) in [6, 6.07) is 32.6. The molecule has 0 N–H and O–H groups in total. The van der Waals surface area contributed by atoms with Crippen molar-refractivity contribution in [2.75, 3.05) is 12.0 Å². The van der Waals surface area contributed by atoms with E-state index in [1.165, 1.54) is 4.90 Å². The molecule has 5 aromatic rings. The van der Waals surface area contributed by atoms with Gasteiger partial charge in [0.15, 0.2) is 0 Å². The molecule has 0 bridgehead atoms. The van der Waals surface area contributed by atoms with Gasteiger partial charge in [0.1, 0.15) is 11.5 Å². The summed E-state index contributed by atoms with van der Waals surface area (Å²) >= 11 is 0. The molecule has 1 saturated heterocycles. The number of nitrogens with zero attached hydrogens (tertiary/aromatic N) is 1. The van der Waals surface area contributed by atoms with Gasteiger partial charge in [-0.25, -0.2) is 4.90 Å². The van der Waals surface area contributed by atoms with Crippen molar-refractivity contribution >= 4 is 50.6 Å². The van der Waals surface area contributed by atoms with Gasteiger partial charge in [-0.1, -0.05) is 84.9 Å². The van der Waals surface area contributed by atoms with Gasteiger partial charge < -0.3 is 9.47 Å². The predicted molar refractivity (Wildman–Crippen MR) is 160 cm³/mol. The molecule has 6 nitrogen and oxygen atoms in total. The number of hydrogen-bond donors (Lipinski definition) is 0. The quantitative estimate of drug-likeness (QED) is 0.145. The van der Waals surface area contributed by atoms with E-state index in [1.54, 1.807) is 13.2 Å². The second kappa shape index (κ2) is 9.14. The van der Waals surface area contributed by atoms with E-state index in [9.17, 15) is 14.4 Å². The van der Waals surface area contributed by atoms with Gasteiger partial charge in [0.05, 0.1) is 30.6 Å². The molecule has 0 saturated carbocycles. The van der Waals surface area contributed by atoms with Gasteiger partial charge in [0.2, 0.25) is 11.8 Å². The Kier molecular flexibility index (Phi) is 5.35. The Bertz CT molecular complexity index is 1990. The normalized spacial score (nSPS) is 22.8. The third-order valence-electron chi connectivity index (χ3n) is 8.99. The Morgan fingerprint density at radius 1 is 0.690 bits per heavy atom. The van der Waals surface area contributed by atoms with Crippen molar-refractivity contribution in [1.82, 2.24) is 0 Å². The molecule has 42 heavy (non-hydrogen) atoms. The minimum Gasteiger partial charge on any atom is -0.497 e. The van der Waals surface area contributed by atoms with Crippen LogP contribution in [0.25, 0.3) is 27.1 Å². The van der Waals surface area contributed by atoms with Gasteiger partial charge in [0, 0.05) is 16.9 Å². The minimum absolute atomic E-state index is 0.311. The maximum absolute atomic E-state index is 14.5. The van der Waals surface area contributed by atoms with Crippen LogP contribution in [0.15, 0.2) is 109 Å². The van der Waals surface area contributed by atoms with Crippen molar-refractivity contribution in [1.29, 1.82) is 0 Å². The summed E-state index contributed by atoms with van der Waals surface area (Å²) in [6.45, 7) is 0. The number of benzene rings is 5. The molecule has 2 amide bonds. The number of fused-ring (bicyclic) bond motifs is 8. The summed E-state index contributed by atoms with van der Waals surface area (Å²) in [5.41, 5.74) is 2.94. The number of rotatable bonds is 3. The van der Waals surface area contributed by atoms with Gasteiger partial charge in [-0.3, -0.25) is 14.4 Å². The molecule has 0 unspecified atom stereocenters. The van der Waals surface area contributed by atoms with Crippen LogP contribution in [0.2, 0.25) is 0 Å². The summed E-state index contributed by atoms with van der Waals surface area (Å²) in [7, 11) is 1.61. The SMILES string of the molecule is COc1ccc([C@@H]2C=C3c4c(ccc5ccccc45)OC(=O)[C@@H]3[C@H]3C(=O)N(c4cccc5ccccc45)C(=O)[C@@H]32)cc1. The standard InChI is InChI=1S/C36H25NO5/c1-41-23-16-13-22(14-17-23)26-19-27-30-25-11-5-3-8-21(25)15-18-29(30)42-36(40)32(27)33-31(26)34(38)37(35(33)39)28-12-6-9-20-7-2-4-10-24(20)28/h2-19,26,31-33H,1H3/t26-,31+,32-,33-/m0/s1. The molecule has 1 aliphatic carbocycles. The molecule has 0 aromatic heterocycles. The average Bonchev–Trinajstić information content (AvgIpc) is 3.29. The number of carbonyl (C=O) groups is 3. The van der Waals surface area contributed by atoms with Crippen LogP contribution in [0.5, 0.6) is 11.5 Å². The van der Waals surface area contributed by atoms with Crippen LogP contribution in [0.4, 0.5) is 5.69 Å². The molecule has 2 aliphatic heterocycles. The van der Waals surface area contributed by atoms with Crippen LogP contribution in [-0.4, -0.2) is 24.9 Å². The Labute approximate surface area is 241 Å². The maximum Gasteiger partial charge on any atom is 0.319 e. The molecule has 6 heteroatoms. The van der Waals surface area contributed by atoms with Crippen LogP contribution in [0, 0.1) is 17.8 Å². The topological polar surface area (TPSA) is 72.9 Å². The minimum atomic E-state index is -0.914. The van der Waals surface area contributed by atoms with Crippen molar-refractivity contribution in [3.8, 4) is 11.5 Å². The van der Waals surface area contributed by atoms with Crippen LogP contribution in [-0.2, 0) is 14.4 Å². The van der Waals surface area contributed by atoms with Crippen LogP contribution >= 0.6 is 0 Å². The molecule has 5 aromatic carbocycles. The summed E-state index contributed by atoms with van der Waals surface area (Å²) in [6.07, 6.45) is 2.02. The van der Waals surface area contributed by atoms with E-state index in [-0.39, 0.29) is 11.8 Å². The molecule has 2 heterocycles. The van der Waals surface area contributed by atoms with Gasteiger partial charge in [0.25, 0.3) is 0 Å². The van der Waals surface area contributed by atoms with Gasteiger partial charge in [-0.05, 0) is 51.6 Å². The molecule has 0 spiro atoms. The van der Waals surface area contributed by atoms with E-state index in [2.05, 4.69) is 0 Å². The highest BCUT2D eigenvalue weighted by molar-refractivity contribution is 6.27. The first kappa shape index (κ1) is 24.6. The zero-order chi connectivity index (χ0) is 28.5. The molecule has 3 aliphatic rings. The first-order chi connectivity index (χ1) is 20.5. The van der Waals surface area contributed by atoms with Gasteiger partial charge in [-0.2, -0.15) is 0 Å². The van der Waals surface area contributed by atoms with Crippen molar-refractivity contribution in [3.63, 3.8) is 0 Å². The summed E-state index contributed by atoms with van der Waals surface area (Å²) < 4.78 is 11.3. The fourth-order valence-electron chi connectivity index (χ4n) is 7.12. The Morgan fingerprint density at radius 3 is 2.12 bits per heavy atom. The smallest absolute Gasteiger partial charge is 0.319 e. The molecule has 0 radical (unpaired) electrons. The summed E-state index contributed by atoms with van der Waals surface area (Å²) in [5, 5.41) is 3.67. The maximum atomic E-state index is 14.5. The molecular weight excluding hydrogens is 526 g/mol. The Morgan fingerprint density at radius 2 is 1.36 bits per heavy atom. The predicted octanol–water partition coefficient (Wildman–Crippen LogP) is 6.52. The van der Waals surface area contributed by atoms with E-state index < -0.39 is 29.6 Å². The lowest BCUT2D eigenvalue weighted by molar-refractivity contribution is -0.142. The number of esters is 1. The third-order valence-corrected chi connectivity index (χ3v) is 8.99. The summed E-state index contributed by atoms with van der Waals surface area (Å²) in [4.78, 5) is 44.0. The highest BCUT2D eigenvalue weighted by Crippen LogP contribution is 2.56. The number of imide groups is 1. The average molecular weight is 552 g/mol. The van der Waals surface area contributed by atoms with Crippen molar-refractivity contribution in [2.45, 2.75) is 5.92 Å². The van der Waals surface area contributed by atoms with Crippen molar-refractivity contribution in [2.24, 2.45) is 17.8 Å². The van der Waals surface area contributed by atoms with Crippen LogP contribution in [0.1, 0.15) is 17.0 Å². The third kappa shape index (κ3) is 3.41.